The van der Waals surface area contributed by atoms with Crippen molar-refractivity contribution < 1.29 is 5.11 Å². The molecule has 1 heterocycles. The zero-order valence-electron chi connectivity index (χ0n) is 12.7. The molecule has 0 aliphatic heterocycles. The Morgan fingerprint density at radius 2 is 2.20 bits per heavy atom. The van der Waals surface area contributed by atoms with Crippen molar-refractivity contribution in [2.75, 3.05) is 12.4 Å². The maximum Gasteiger partial charge on any atom is 0.190 e. The summed E-state index contributed by atoms with van der Waals surface area (Å²) in [5.41, 5.74) is -0.0858. The van der Waals surface area contributed by atoms with Gasteiger partial charge < -0.3 is 15.0 Å². The van der Waals surface area contributed by atoms with Gasteiger partial charge in [-0.1, -0.05) is 18.7 Å². The Hall–Kier alpha value is -0.590. The van der Waals surface area contributed by atoms with E-state index in [1.807, 2.05) is 18.5 Å². The van der Waals surface area contributed by atoms with Gasteiger partial charge in [0.25, 0.3) is 0 Å². The van der Waals surface area contributed by atoms with Gasteiger partial charge in [-0.3, -0.25) is 0 Å². The van der Waals surface area contributed by atoms with E-state index in [1.54, 1.807) is 11.8 Å². The first-order valence-electron chi connectivity index (χ1n) is 7.47. The Labute approximate surface area is 125 Å². The van der Waals surface area contributed by atoms with Gasteiger partial charge in [0.05, 0.1) is 6.61 Å². The van der Waals surface area contributed by atoms with Crippen LogP contribution in [-0.4, -0.2) is 43.8 Å². The van der Waals surface area contributed by atoms with Gasteiger partial charge in [-0.15, -0.1) is 10.2 Å². The van der Waals surface area contributed by atoms with Crippen LogP contribution < -0.4 is 5.32 Å². The fourth-order valence-electron chi connectivity index (χ4n) is 2.34. The van der Waals surface area contributed by atoms with Gasteiger partial charge >= 0.3 is 0 Å². The average Bonchev–Trinajstić information content (AvgIpc) is 3.22. The Bertz CT molecular complexity index is 427. The molecule has 1 aromatic rings. The molecule has 0 amide bonds. The molecule has 1 unspecified atom stereocenters. The maximum atomic E-state index is 9.72. The molecule has 1 aromatic heterocycles. The minimum atomic E-state index is -0.0858. The number of nitrogens with one attached hydrogen (secondary N) is 1. The number of aryl methyl sites for hydroxylation is 1. The third kappa shape index (κ3) is 3.96. The normalized spacial score (nSPS) is 18.2. The Morgan fingerprint density at radius 3 is 2.70 bits per heavy atom. The van der Waals surface area contributed by atoms with Crippen LogP contribution >= 0.6 is 11.8 Å². The molecule has 2 rings (SSSR count). The lowest BCUT2D eigenvalue weighted by Crippen LogP contribution is -2.49. The molecule has 1 aliphatic rings. The molecule has 0 aromatic carbocycles. The molecule has 1 fully saturated rings. The van der Waals surface area contributed by atoms with Crippen LogP contribution in [0.1, 0.15) is 44.9 Å². The predicted octanol–water partition coefficient (Wildman–Crippen LogP) is 1.89. The summed E-state index contributed by atoms with van der Waals surface area (Å²) in [4.78, 5) is 0. The lowest BCUT2D eigenvalue weighted by molar-refractivity contribution is 0.144. The largest absolute Gasteiger partial charge is 0.394 e. The Kier molecular flexibility index (Phi) is 5.46. The molecule has 6 heteroatoms. The first-order chi connectivity index (χ1) is 9.60. The Morgan fingerprint density at radius 1 is 1.45 bits per heavy atom. The number of aliphatic hydroxyl groups is 1. The molecule has 0 bridgehead atoms. The summed E-state index contributed by atoms with van der Waals surface area (Å²) >= 11 is 1.74. The van der Waals surface area contributed by atoms with Crippen LogP contribution in [0.5, 0.6) is 0 Å². The van der Waals surface area contributed by atoms with Crippen molar-refractivity contribution in [1.82, 2.24) is 20.1 Å². The molecule has 2 N–H and O–H groups in total. The molecule has 114 valence electrons. The third-order valence-electron chi connectivity index (χ3n) is 4.15. The smallest absolute Gasteiger partial charge is 0.190 e. The van der Waals surface area contributed by atoms with E-state index in [0.717, 1.165) is 36.0 Å². The van der Waals surface area contributed by atoms with E-state index < -0.39 is 0 Å². The molecule has 5 nitrogen and oxygen atoms in total. The van der Waals surface area contributed by atoms with Crippen molar-refractivity contribution in [3.05, 3.63) is 5.82 Å². The van der Waals surface area contributed by atoms with Crippen LogP contribution in [0.25, 0.3) is 0 Å². The maximum absolute atomic E-state index is 9.72. The van der Waals surface area contributed by atoms with Gasteiger partial charge in [-0.05, 0) is 39.0 Å². The Balaban J connectivity index is 1.76. The van der Waals surface area contributed by atoms with Gasteiger partial charge in [0.1, 0.15) is 5.82 Å². The number of hydrogen-bond donors (Lipinski definition) is 2. The highest BCUT2D eigenvalue weighted by molar-refractivity contribution is 7.99. The summed E-state index contributed by atoms with van der Waals surface area (Å²) in [5, 5.41) is 22.5. The van der Waals surface area contributed by atoms with Crippen molar-refractivity contribution in [2.45, 2.75) is 62.7 Å². The fraction of sp³-hybridized carbons (Fsp3) is 0.857. The van der Waals surface area contributed by atoms with Crippen LogP contribution in [0, 0.1) is 6.92 Å². The minimum absolute atomic E-state index is 0.0858. The van der Waals surface area contributed by atoms with Crippen LogP contribution in [-0.2, 0) is 7.05 Å². The van der Waals surface area contributed by atoms with E-state index in [-0.39, 0.29) is 12.1 Å². The van der Waals surface area contributed by atoms with Crippen LogP contribution in [0.15, 0.2) is 5.16 Å². The second-order valence-electron chi connectivity index (χ2n) is 5.75. The van der Waals surface area contributed by atoms with Crippen molar-refractivity contribution in [3.8, 4) is 0 Å². The number of aromatic nitrogens is 3. The monoisotopic (exact) mass is 298 g/mol. The highest BCUT2D eigenvalue weighted by Gasteiger charge is 2.33. The zero-order chi connectivity index (χ0) is 14.6. The number of rotatable bonds is 9. The third-order valence-corrected chi connectivity index (χ3v) is 5.26. The van der Waals surface area contributed by atoms with Gasteiger partial charge in [-0.2, -0.15) is 0 Å². The molecule has 0 spiro atoms. The molecule has 1 atom stereocenters. The fourth-order valence-corrected chi connectivity index (χ4v) is 3.23. The summed E-state index contributed by atoms with van der Waals surface area (Å²) in [5.74, 6) is 1.96. The van der Waals surface area contributed by atoms with Crippen LogP contribution in [0.4, 0.5) is 0 Å². The lowest BCUT2D eigenvalue weighted by atomic mass is 9.91. The highest BCUT2D eigenvalue weighted by Crippen LogP contribution is 2.28. The summed E-state index contributed by atoms with van der Waals surface area (Å²) < 4.78 is 2.02. The number of aliphatic hydroxyl groups excluding tert-OH is 1. The van der Waals surface area contributed by atoms with Gasteiger partial charge in [-0.25, -0.2) is 0 Å². The van der Waals surface area contributed by atoms with Gasteiger partial charge in [0.15, 0.2) is 5.16 Å². The average molecular weight is 298 g/mol. The van der Waals surface area contributed by atoms with E-state index in [9.17, 15) is 5.11 Å². The van der Waals surface area contributed by atoms with E-state index in [0.29, 0.717) is 6.04 Å². The second-order valence-corrected chi connectivity index (χ2v) is 6.81. The second kappa shape index (κ2) is 6.91. The number of hydrogen-bond acceptors (Lipinski definition) is 5. The SMILES string of the molecule is CCC(CO)(CCCSc1nnc(C)n1C)NC1CC1. The summed E-state index contributed by atoms with van der Waals surface area (Å²) in [7, 11) is 2.00. The first-order valence-corrected chi connectivity index (χ1v) is 8.46. The number of nitrogens with zero attached hydrogens (tertiary/aromatic N) is 3. The topological polar surface area (TPSA) is 63.0 Å². The van der Waals surface area contributed by atoms with E-state index in [2.05, 4.69) is 22.4 Å². The van der Waals surface area contributed by atoms with Crippen LogP contribution in [0.3, 0.4) is 0 Å². The van der Waals surface area contributed by atoms with E-state index in [1.165, 1.54) is 12.8 Å². The standard InChI is InChI=1S/C14H26N4OS/c1-4-14(10-19,15-12-6-7-12)8-5-9-20-13-17-16-11(2)18(13)3/h12,15,19H,4-10H2,1-3H3. The first kappa shape index (κ1) is 15.8. The number of thioether (sulfide) groups is 1. The lowest BCUT2D eigenvalue weighted by Gasteiger charge is -2.32. The van der Waals surface area contributed by atoms with Crippen molar-refractivity contribution in [2.24, 2.45) is 7.05 Å². The van der Waals surface area contributed by atoms with Crippen LogP contribution in [0.2, 0.25) is 0 Å². The summed E-state index contributed by atoms with van der Waals surface area (Å²) in [6, 6.07) is 0.635. The molecule has 1 saturated carbocycles. The summed E-state index contributed by atoms with van der Waals surface area (Å²) in [6.07, 6.45) is 5.59. The van der Waals surface area contributed by atoms with Gasteiger partial charge in [0, 0.05) is 24.4 Å². The van der Waals surface area contributed by atoms with Gasteiger partial charge in [0.2, 0.25) is 0 Å². The molecule has 0 radical (unpaired) electrons. The minimum Gasteiger partial charge on any atom is -0.394 e. The molecule has 0 saturated heterocycles. The molecule has 20 heavy (non-hydrogen) atoms. The van der Waals surface area contributed by atoms with E-state index >= 15 is 0 Å². The van der Waals surface area contributed by atoms with Crippen molar-refractivity contribution in [3.63, 3.8) is 0 Å². The van der Waals surface area contributed by atoms with E-state index in [4.69, 9.17) is 0 Å². The zero-order valence-corrected chi connectivity index (χ0v) is 13.5. The summed E-state index contributed by atoms with van der Waals surface area (Å²) in [6.45, 7) is 4.35. The van der Waals surface area contributed by atoms with Crippen molar-refractivity contribution >= 4 is 11.8 Å². The quantitative estimate of drug-likeness (QED) is 0.538. The highest BCUT2D eigenvalue weighted by atomic mass is 32.2. The predicted molar refractivity (Wildman–Crippen MR) is 82.0 cm³/mol. The van der Waals surface area contributed by atoms with Crippen molar-refractivity contribution in [1.29, 1.82) is 0 Å². The molecular weight excluding hydrogens is 272 g/mol. The molecular formula is C14H26N4OS. The molecule has 1 aliphatic carbocycles.